The Morgan fingerprint density at radius 3 is 2.77 bits per heavy atom. The number of carbonyl (C=O) groups is 3. The zero-order chi connectivity index (χ0) is 16.1. The van der Waals surface area contributed by atoms with Crippen molar-refractivity contribution >= 4 is 23.5 Å². The Balaban J connectivity index is 2.07. The Morgan fingerprint density at radius 1 is 1.32 bits per heavy atom. The van der Waals surface area contributed by atoms with Crippen LogP contribution in [0.4, 0.5) is 5.69 Å². The van der Waals surface area contributed by atoms with E-state index in [2.05, 4.69) is 5.32 Å². The maximum Gasteiger partial charge on any atom is 0.326 e. The highest BCUT2D eigenvalue weighted by molar-refractivity contribution is 5.89. The molecule has 1 fully saturated rings. The second-order valence-electron chi connectivity index (χ2n) is 5.50. The molecule has 0 radical (unpaired) electrons. The number of carboxylic acid groups (broad SMARTS) is 1. The normalized spacial score (nSPS) is 17.9. The van der Waals surface area contributed by atoms with Crippen LogP contribution in [0.5, 0.6) is 0 Å². The first-order valence-electron chi connectivity index (χ1n) is 7.36. The van der Waals surface area contributed by atoms with Crippen molar-refractivity contribution in [2.24, 2.45) is 0 Å². The second-order valence-corrected chi connectivity index (χ2v) is 5.50. The van der Waals surface area contributed by atoms with Crippen molar-refractivity contribution in [3.63, 3.8) is 0 Å². The first-order chi connectivity index (χ1) is 10.5. The summed E-state index contributed by atoms with van der Waals surface area (Å²) < 4.78 is 0. The van der Waals surface area contributed by atoms with Crippen LogP contribution in [0.15, 0.2) is 24.3 Å². The van der Waals surface area contributed by atoms with Gasteiger partial charge in [-0.25, -0.2) is 4.79 Å². The third-order valence-electron chi connectivity index (χ3n) is 3.71. The average Bonchev–Trinajstić information content (AvgIpc) is 2.46. The summed E-state index contributed by atoms with van der Waals surface area (Å²) in [4.78, 5) is 36.2. The van der Waals surface area contributed by atoms with Gasteiger partial charge in [0, 0.05) is 19.2 Å². The molecule has 0 saturated carbocycles. The number of anilines is 1. The van der Waals surface area contributed by atoms with Crippen LogP contribution >= 0.6 is 0 Å². The number of aliphatic carboxylic acids is 1. The molecule has 0 unspecified atom stereocenters. The average molecular weight is 304 g/mol. The number of amides is 2. The minimum atomic E-state index is -0.944. The minimum Gasteiger partial charge on any atom is -0.480 e. The Kier molecular flexibility index (Phi) is 5.14. The van der Waals surface area contributed by atoms with Gasteiger partial charge in [-0.3, -0.25) is 9.59 Å². The maximum atomic E-state index is 12.4. The third-order valence-corrected chi connectivity index (χ3v) is 3.71. The molecule has 1 aliphatic rings. The van der Waals surface area contributed by atoms with Crippen LogP contribution in [0.3, 0.4) is 0 Å². The summed E-state index contributed by atoms with van der Waals surface area (Å²) in [7, 11) is 0. The maximum absolute atomic E-state index is 12.4. The summed E-state index contributed by atoms with van der Waals surface area (Å²) in [6, 6.07) is 6.32. The van der Waals surface area contributed by atoms with E-state index >= 15 is 0 Å². The monoisotopic (exact) mass is 304 g/mol. The van der Waals surface area contributed by atoms with E-state index in [1.807, 2.05) is 0 Å². The van der Waals surface area contributed by atoms with Gasteiger partial charge in [-0.15, -0.1) is 0 Å². The zero-order valence-electron chi connectivity index (χ0n) is 12.5. The Labute approximate surface area is 129 Å². The lowest BCUT2D eigenvalue weighted by Crippen LogP contribution is -2.48. The summed E-state index contributed by atoms with van der Waals surface area (Å²) >= 11 is 0. The molecular formula is C16H20N2O4. The summed E-state index contributed by atoms with van der Waals surface area (Å²) in [5, 5.41) is 11.9. The number of nitrogens with zero attached hydrogens (tertiary/aromatic N) is 1. The minimum absolute atomic E-state index is 0.136. The molecule has 0 aromatic heterocycles. The van der Waals surface area contributed by atoms with Gasteiger partial charge in [-0.2, -0.15) is 0 Å². The number of benzene rings is 1. The van der Waals surface area contributed by atoms with Gasteiger partial charge in [0.2, 0.25) is 11.8 Å². The molecule has 2 rings (SSSR count). The third kappa shape index (κ3) is 4.07. The van der Waals surface area contributed by atoms with E-state index in [4.69, 9.17) is 0 Å². The number of hydrogen-bond donors (Lipinski definition) is 2. The summed E-state index contributed by atoms with van der Waals surface area (Å²) in [5.41, 5.74) is 1.39. The summed E-state index contributed by atoms with van der Waals surface area (Å²) in [6.45, 7) is 1.91. The largest absolute Gasteiger partial charge is 0.480 e. The molecule has 1 saturated heterocycles. The highest BCUT2D eigenvalue weighted by atomic mass is 16.4. The molecule has 2 N–H and O–H groups in total. The number of hydrogen-bond acceptors (Lipinski definition) is 3. The molecule has 0 bridgehead atoms. The van der Waals surface area contributed by atoms with Crippen LogP contribution in [0, 0.1) is 0 Å². The van der Waals surface area contributed by atoms with Crippen molar-refractivity contribution in [3.05, 3.63) is 29.8 Å². The molecule has 2 amide bonds. The molecule has 1 atom stereocenters. The van der Waals surface area contributed by atoms with E-state index in [0.29, 0.717) is 18.7 Å². The van der Waals surface area contributed by atoms with Crippen LogP contribution in [0.2, 0.25) is 0 Å². The molecule has 1 aromatic carbocycles. The van der Waals surface area contributed by atoms with Gasteiger partial charge in [0.25, 0.3) is 0 Å². The van der Waals surface area contributed by atoms with Gasteiger partial charge < -0.3 is 15.3 Å². The van der Waals surface area contributed by atoms with E-state index in [9.17, 15) is 19.5 Å². The van der Waals surface area contributed by atoms with Crippen LogP contribution < -0.4 is 5.32 Å². The topological polar surface area (TPSA) is 86.7 Å². The van der Waals surface area contributed by atoms with Crippen molar-refractivity contribution in [3.8, 4) is 0 Å². The van der Waals surface area contributed by atoms with Crippen LogP contribution in [0.25, 0.3) is 0 Å². The van der Waals surface area contributed by atoms with Crippen molar-refractivity contribution in [1.82, 2.24) is 4.90 Å². The van der Waals surface area contributed by atoms with Gasteiger partial charge >= 0.3 is 5.97 Å². The number of likely N-dealkylation sites (tertiary alicyclic amines) is 1. The molecule has 118 valence electrons. The van der Waals surface area contributed by atoms with E-state index in [0.717, 1.165) is 18.4 Å². The Hall–Kier alpha value is -2.37. The van der Waals surface area contributed by atoms with Gasteiger partial charge in [-0.05, 0) is 37.0 Å². The van der Waals surface area contributed by atoms with Gasteiger partial charge in [0.05, 0.1) is 6.42 Å². The molecule has 1 aliphatic heterocycles. The molecule has 0 spiro atoms. The van der Waals surface area contributed by atoms with Crippen LogP contribution in [0.1, 0.15) is 31.7 Å². The molecule has 22 heavy (non-hydrogen) atoms. The first-order valence-corrected chi connectivity index (χ1v) is 7.36. The predicted octanol–water partition coefficient (Wildman–Crippen LogP) is 1.65. The highest BCUT2D eigenvalue weighted by Gasteiger charge is 2.31. The fourth-order valence-electron chi connectivity index (χ4n) is 2.73. The lowest BCUT2D eigenvalue weighted by Gasteiger charge is -2.33. The summed E-state index contributed by atoms with van der Waals surface area (Å²) in [5.74, 6) is -1.31. The fourth-order valence-corrected chi connectivity index (χ4v) is 2.73. The number of rotatable bonds is 4. The predicted molar refractivity (Wildman–Crippen MR) is 81.4 cm³/mol. The van der Waals surface area contributed by atoms with Gasteiger partial charge in [0.1, 0.15) is 6.04 Å². The van der Waals surface area contributed by atoms with Gasteiger partial charge in [0.15, 0.2) is 0 Å². The van der Waals surface area contributed by atoms with Crippen molar-refractivity contribution < 1.29 is 19.5 Å². The Morgan fingerprint density at radius 2 is 2.09 bits per heavy atom. The number of piperidine rings is 1. The van der Waals surface area contributed by atoms with E-state index in [1.54, 1.807) is 24.3 Å². The van der Waals surface area contributed by atoms with E-state index < -0.39 is 12.0 Å². The lowest BCUT2D eigenvalue weighted by molar-refractivity contribution is -0.151. The van der Waals surface area contributed by atoms with E-state index in [-0.39, 0.29) is 18.2 Å². The number of carbonyl (C=O) groups excluding carboxylic acids is 2. The first kappa shape index (κ1) is 16.0. The van der Waals surface area contributed by atoms with Crippen molar-refractivity contribution in [2.45, 2.75) is 38.6 Å². The van der Waals surface area contributed by atoms with Crippen LogP contribution in [-0.2, 0) is 20.8 Å². The SMILES string of the molecule is CC(=O)Nc1cccc(CC(=O)N2CCCC[C@H]2C(=O)O)c1. The number of nitrogens with one attached hydrogen (secondary N) is 1. The lowest BCUT2D eigenvalue weighted by atomic mass is 10.0. The number of carboxylic acids is 1. The van der Waals surface area contributed by atoms with Gasteiger partial charge in [-0.1, -0.05) is 12.1 Å². The van der Waals surface area contributed by atoms with Crippen molar-refractivity contribution in [2.75, 3.05) is 11.9 Å². The summed E-state index contributed by atoms with van der Waals surface area (Å²) in [6.07, 6.45) is 2.31. The zero-order valence-corrected chi connectivity index (χ0v) is 12.5. The quantitative estimate of drug-likeness (QED) is 0.885. The molecule has 6 nitrogen and oxygen atoms in total. The molecule has 0 aliphatic carbocycles. The van der Waals surface area contributed by atoms with Crippen molar-refractivity contribution in [1.29, 1.82) is 0 Å². The van der Waals surface area contributed by atoms with Crippen LogP contribution in [-0.4, -0.2) is 40.4 Å². The van der Waals surface area contributed by atoms with E-state index in [1.165, 1.54) is 11.8 Å². The standard InChI is InChI=1S/C16H20N2O4/c1-11(19)17-13-6-4-5-12(9-13)10-15(20)18-8-3-2-7-14(18)16(21)22/h4-6,9,14H,2-3,7-8,10H2,1H3,(H,17,19)(H,21,22)/t14-/m0/s1. The fraction of sp³-hybridized carbons (Fsp3) is 0.438. The molecule has 1 heterocycles. The second kappa shape index (κ2) is 7.06. The molecule has 6 heteroatoms. The Bertz CT molecular complexity index is 585. The molecular weight excluding hydrogens is 284 g/mol. The smallest absolute Gasteiger partial charge is 0.326 e. The molecule has 1 aromatic rings. The highest BCUT2D eigenvalue weighted by Crippen LogP contribution is 2.19.